The number of carbonyl (C=O) groups is 2. The van der Waals surface area contributed by atoms with Crippen LogP contribution in [0.4, 0.5) is 0 Å². The first kappa shape index (κ1) is 12.5. The Hall–Kier alpha value is -0.570. The lowest BCUT2D eigenvalue weighted by Gasteiger charge is -2.11. The fraction of sp³-hybridized carbons (Fsp3) is 0.200. The predicted octanol–water partition coefficient (Wildman–Crippen LogP) is 3.34. The van der Waals surface area contributed by atoms with Crippen LogP contribution in [0.15, 0.2) is 24.3 Å². The molecule has 0 aliphatic carbocycles. The Morgan fingerprint density at radius 2 is 1.80 bits per heavy atom. The zero-order chi connectivity index (χ0) is 11.4. The van der Waals surface area contributed by atoms with Crippen molar-refractivity contribution in [2.75, 3.05) is 0 Å². The van der Waals surface area contributed by atoms with Gasteiger partial charge >= 0.3 is 0 Å². The number of rotatable bonds is 4. The number of halogens is 3. The quantitative estimate of drug-likeness (QED) is 0.783. The highest BCUT2D eigenvalue weighted by Gasteiger charge is 2.23. The van der Waals surface area contributed by atoms with Gasteiger partial charge in [-0.2, -0.15) is 0 Å². The summed E-state index contributed by atoms with van der Waals surface area (Å²) in [6, 6.07) is 6.71. The van der Waals surface area contributed by atoms with Crippen LogP contribution < -0.4 is 0 Å². The van der Waals surface area contributed by atoms with Gasteiger partial charge in [0.15, 0.2) is 0 Å². The third-order valence-electron chi connectivity index (χ3n) is 1.92. The highest BCUT2D eigenvalue weighted by Crippen LogP contribution is 2.29. The molecule has 0 heterocycles. The minimum absolute atomic E-state index is 0.145. The van der Waals surface area contributed by atoms with E-state index in [9.17, 15) is 9.59 Å². The summed E-state index contributed by atoms with van der Waals surface area (Å²) in [5.41, 5.74) is 0.521. The molecule has 5 heteroatoms. The van der Waals surface area contributed by atoms with Gasteiger partial charge in [0, 0.05) is 11.4 Å². The zero-order valence-corrected chi connectivity index (χ0v) is 9.81. The molecular weight excluding hydrogens is 258 g/mol. The molecule has 80 valence electrons. The van der Waals surface area contributed by atoms with E-state index in [-0.39, 0.29) is 6.42 Å². The molecule has 0 radical (unpaired) electrons. The Kier molecular flexibility index (Phi) is 4.58. The lowest BCUT2D eigenvalue weighted by atomic mass is 9.97. The molecule has 0 bridgehead atoms. The molecule has 0 N–H and O–H groups in total. The molecule has 15 heavy (non-hydrogen) atoms. The fourth-order valence-corrected chi connectivity index (χ4v) is 1.85. The van der Waals surface area contributed by atoms with Gasteiger partial charge in [-0.1, -0.05) is 29.8 Å². The van der Waals surface area contributed by atoms with E-state index >= 15 is 0 Å². The van der Waals surface area contributed by atoms with Gasteiger partial charge in [-0.3, -0.25) is 9.59 Å². The highest BCUT2D eigenvalue weighted by molar-refractivity contribution is 6.67. The van der Waals surface area contributed by atoms with E-state index in [0.717, 1.165) is 0 Å². The minimum atomic E-state index is -0.773. The van der Waals surface area contributed by atoms with Gasteiger partial charge in [0.2, 0.25) is 10.5 Å². The number of carbonyl (C=O) groups excluding carboxylic acids is 2. The Bertz CT molecular complexity index is 390. The van der Waals surface area contributed by atoms with Gasteiger partial charge in [-0.15, -0.1) is 0 Å². The average molecular weight is 266 g/mol. The molecular formula is C10H7Cl3O2. The lowest BCUT2D eigenvalue weighted by Crippen LogP contribution is -2.10. The number of benzene rings is 1. The minimum Gasteiger partial charge on any atom is -0.281 e. The monoisotopic (exact) mass is 264 g/mol. The molecule has 0 aliphatic heterocycles. The Labute approximate surface area is 102 Å². The van der Waals surface area contributed by atoms with Crippen LogP contribution in [0.5, 0.6) is 0 Å². The maximum absolute atomic E-state index is 11.1. The molecule has 1 rings (SSSR count). The van der Waals surface area contributed by atoms with E-state index in [1.807, 2.05) is 0 Å². The molecule has 0 saturated carbocycles. The topological polar surface area (TPSA) is 34.1 Å². The molecule has 0 amide bonds. The molecule has 0 fully saturated rings. The van der Waals surface area contributed by atoms with E-state index in [2.05, 4.69) is 0 Å². The van der Waals surface area contributed by atoms with Crippen molar-refractivity contribution >= 4 is 45.3 Å². The van der Waals surface area contributed by atoms with Crippen molar-refractivity contribution in [3.05, 3.63) is 34.9 Å². The maximum Gasteiger partial charge on any atom is 0.229 e. The number of hydrogen-bond acceptors (Lipinski definition) is 2. The molecule has 0 aromatic heterocycles. The molecule has 0 saturated heterocycles. The first-order valence-electron chi connectivity index (χ1n) is 4.14. The SMILES string of the molecule is O=C(Cl)C[C@@H](C(=O)Cl)c1ccccc1Cl. The standard InChI is InChI=1S/C10H7Cl3O2/c11-8-4-2-1-3-6(8)7(10(13)15)5-9(12)14/h1-4,7H,5H2/t7-/m1/s1. The Morgan fingerprint density at radius 1 is 1.20 bits per heavy atom. The van der Waals surface area contributed by atoms with Crippen LogP contribution in [0.1, 0.15) is 17.9 Å². The summed E-state index contributed by atoms with van der Waals surface area (Å²) in [5, 5.41) is -0.861. The Morgan fingerprint density at radius 3 is 2.27 bits per heavy atom. The average Bonchev–Trinajstić information content (AvgIpc) is 2.15. The van der Waals surface area contributed by atoms with E-state index in [0.29, 0.717) is 10.6 Å². The molecule has 0 unspecified atom stereocenters. The molecule has 1 aromatic carbocycles. The largest absolute Gasteiger partial charge is 0.281 e. The van der Waals surface area contributed by atoms with Crippen LogP contribution in [0.25, 0.3) is 0 Å². The second kappa shape index (κ2) is 5.50. The van der Waals surface area contributed by atoms with E-state index in [4.69, 9.17) is 34.8 Å². The van der Waals surface area contributed by atoms with E-state index < -0.39 is 16.4 Å². The Balaban J connectivity index is 3.04. The van der Waals surface area contributed by atoms with Crippen molar-refractivity contribution in [1.29, 1.82) is 0 Å². The lowest BCUT2D eigenvalue weighted by molar-refractivity contribution is -0.117. The molecule has 0 aliphatic rings. The summed E-state index contributed by atoms with van der Waals surface area (Å²) in [6.45, 7) is 0. The predicted molar refractivity (Wildman–Crippen MR) is 60.5 cm³/mol. The second-order valence-electron chi connectivity index (χ2n) is 2.94. The third kappa shape index (κ3) is 3.49. The third-order valence-corrected chi connectivity index (χ3v) is 2.68. The maximum atomic E-state index is 11.1. The van der Waals surface area contributed by atoms with Crippen molar-refractivity contribution in [1.82, 2.24) is 0 Å². The van der Waals surface area contributed by atoms with Crippen LogP contribution in [-0.4, -0.2) is 10.5 Å². The van der Waals surface area contributed by atoms with Gasteiger partial charge in [0.1, 0.15) is 0 Å². The molecule has 0 spiro atoms. The first-order chi connectivity index (χ1) is 7.02. The van der Waals surface area contributed by atoms with Crippen molar-refractivity contribution < 1.29 is 9.59 Å². The zero-order valence-electron chi connectivity index (χ0n) is 7.54. The fourth-order valence-electron chi connectivity index (χ4n) is 1.23. The summed E-state index contributed by atoms with van der Waals surface area (Å²) >= 11 is 16.5. The molecule has 1 atom stereocenters. The number of hydrogen-bond donors (Lipinski definition) is 0. The van der Waals surface area contributed by atoms with Crippen LogP contribution >= 0.6 is 34.8 Å². The van der Waals surface area contributed by atoms with Crippen LogP contribution in [0, 0.1) is 0 Å². The first-order valence-corrected chi connectivity index (χ1v) is 5.28. The van der Waals surface area contributed by atoms with E-state index in [1.165, 1.54) is 0 Å². The normalized spacial score (nSPS) is 12.2. The van der Waals surface area contributed by atoms with Gasteiger partial charge in [0.05, 0.1) is 5.92 Å². The van der Waals surface area contributed by atoms with Gasteiger partial charge in [0.25, 0.3) is 0 Å². The van der Waals surface area contributed by atoms with E-state index in [1.54, 1.807) is 24.3 Å². The smallest absolute Gasteiger partial charge is 0.229 e. The summed E-state index contributed by atoms with van der Waals surface area (Å²) in [4.78, 5) is 21.9. The van der Waals surface area contributed by atoms with Gasteiger partial charge < -0.3 is 0 Å². The van der Waals surface area contributed by atoms with Crippen molar-refractivity contribution in [3.8, 4) is 0 Å². The van der Waals surface area contributed by atoms with Crippen LogP contribution in [-0.2, 0) is 9.59 Å². The summed E-state index contributed by atoms with van der Waals surface area (Å²) in [5.74, 6) is -0.773. The summed E-state index contributed by atoms with van der Waals surface area (Å²) in [6.07, 6.45) is -0.145. The van der Waals surface area contributed by atoms with Crippen molar-refractivity contribution in [2.45, 2.75) is 12.3 Å². The second-order valence-corrected chi connectivity index (χ2v) is 4.14. The highest BCUT2D eigenvalue weighted by atomic mass is 35.5. The van der Waals surface area contributed by atoms with Gasteiger partial charge in [-0.05, 0) is 34.8 Å². The van der Waals surface area contributed by atoms with Crippen molar-refractivity contribution in [2.24, 2.45) is 0 Å². The molecule has 2 nitrogen and oxygen atoms in total. The van der Waals surface area contributed by atoms with Crippen LogP contribution in [0.3, 0.4) is 0 Å². The summed E-state index contributed by atoms with van der Waals surface area (Å²) < 4.78 is 0. The van der Waals surface area contributed by atoms with Gasteiger partial charge in [-0.25, -0.2) is 0 Å². The molecule has 1 aromatic rings. The van der Waals surface area contributed by atoms with Crippen LogP contribution in [0.2, 0.25) is 5.02 Å². The van der Waals surface area contributed by atoms with Crippen molar-refractivity contribution in [3.63, 3.8) is 0 Å². The summed E-state index contributed by atoms with van der Waals surface area (Å²) in [7, 11) is 0.